The number of urea groups is 1. The lowest BCUT2D eigenvalue weighted by Crippen LogP contribution is -2.43. The number of fused-ring (bicyclic) bond motifs is 1. The van der Waals surface area contributed by atoms with Gasteiger partial charge in [-0.2, -0.15) is 0 Å². The Morgan fingerprint density at radius 1 is 1.12 bits per heavy atom. The monoisotopic (exact) mass is 342 g/mol. The quantitative estimate of drug-likeness (QED) is 0.704. The van der Waals surface area contributed by atoms with Gasteiger partial charge in [0.05, 0.1) is 0 Å². The Bertz CT molecular complexity index is 657. The maximum absolute atomic E-state index is 12.3. The molecule has 0 aromatic heterocycles. The highest BCUT2D eigenvalue weighted by Crippen LogP contribution is 2.18. The van der Waals surface area contributed by atoms with E-state index < -0.39 is 0 Å². The van der Waals surface area contributed by atoms with E-state index in [0.29, 0.717) is 26.1 Å². The second kappa shape index (κ2) is 8.67. The lowest BCUT2D eigenvalue weighted by Gasteiger charge is -2.28. The summed E-state index contributed by atoms with van der Waals surface area (Å²) in [6.45, 7) is 4.17. The summed E-state index contributed by atoms with van der Waals surface area (Å²) in [6.07, 6.45) is 4.29. The topological polar surface area (TPSA) is 73.5 Å². The Hall–Kier alpha value is -2.34. The molecule has 0 bridgehead atoms. The second-order valence-corrected chi connectivity index (χ2v) is 6.52. The number of nitrogens with one attached hydrogen (secondary N) is 3. The van der Waals surface area contributed by atoms with Gasteiger partial charge in [0.25, 0.3) is 0 Å². The van der Waals surface area contributed by atoms with Crippen LogP contribution in [0.4, 0.5) is 4.79 Å². The molecule has 0 saturated heterocycles. The first-order valence-corrected chi connectivity index (χ1v) is 8.97. The molecule has 1 aromatic rings. The molecule has 134 valence electrons. The number of benzene rings is 1. The SMILES string of the molecule is O=C(CCNC(=O)N1CCc2ccccc2C1)NCC1=CCNCC1. The van der Waals surface area contributed by atoms with Crippen molar-refractivity contribution in [2.24, 2.45) is 0 Å². The lowest BCUT2D eigenvalue weighted by molar-refractivity contribution is -0.120. The Morgan fingerprint density at radius 2 is 1.96 bits per heavy atom. The maximum atomic E-state index is 12.3. The minimum Gasteiger partial charge on any atom is -0.352 e. The van der Waals surface area contributed by atoms with Crippen molar-refractivity contribution in [1.29, 1.82) is 0 Å². The lowest BCUT2D eigenvalue weighted by atomic mass is 10.0. The third-order valence-corrected chi connectivity index (χ3v) is 4.72. The first-order valence-electron chi connectivity index (χ1n) is 8.97. The molecule has 0 aliphatic carbocycles. The van der Waals surface area contributed by atoms with E-state index in [0.717, 1.165) is 32.5 Å². The molecule has 0 radical (unpaired) electrons. The highest BCUT2D eigenvalue weighted by molar-refractivity contribution is 5.78. The van der Waals surface area contributed by atoms with Crippen LogP contribution in [0, 0.1) is 0 Å². The molecule has 25 heavy (non-hydrogen) atoms. The van der Waals surface area contributed by atoms with E-state index in [1.807, 2.05) is 12.1 Å². The molecule has 2 heterocycles. The number of amides is 3. The summed E-state index contributed by atoms with van der Waals surface area (Å²) in [7, 11) is 0. The molecule has 6 nitrogen and oxygen atoms in total. The van der Waals surface area contributed by atoms with Gasteiger partial charge in [0.15, 0.2) is 0 Å². The summed E-state index contributed by atoms with van der Waals surface area (Å²) in [4.78, 5) is 26.0. The van der Waals surface area contributed by atoms with Crippen molar-refractivity contribution in [1.82, 2.24) is 20.9 Å². The van der Waals surface area contributed by atoms with E-state index in [9.17, 15) is 9.59 Å². The molecule has 1 aromatic carbocycles. The van der Waals surface area contributed by atoms with E-state index in [4.69, 9.17) is 0 Å². The predicted octanol–water partition coefficient (Wildman–Crippen LogP) is 1.18. The molecule has 0 atom stereocenters. The van der Waals surface area contributed by atoms with Gasteiger partial charge in [0.2, 0.25) is 5.91 Å². The summed E-state index contributed by atoms with van der Waals surface area (Å²) >= 11 is 0. The molecule has 0 fully saturated rings. The van der Waals surface area contributed by atoms with Gasteiger partial charge in [-0.3, -0.25) is 4.79 Å². The van der Waals surface area contributed by atoms with Crippen molar-refractivity contribution >= 4 is 11.9 Å². The summed E-state index contributed by atoms with van der Waals surface area (Å²) < 4.78 is 0. The summed E-state index contributed by atoms with van der Waals surface area (Å²) in [5, 5.41) is 9.02. The van der Waals surface area contributed by atoms with Crippen LogP contribution in [0.15, 0.2) is 35.9 Å². The molecule has 3 amide bonds. The third kappa shape index (κ3) is 5.06. The number of rotatable bonds is 5. The van der Waals surface area contributed by atoms with Crippen LogP contribution in [0.1, 0.15) is 24.0 Å². The fourth-order valence-corrected chi connectivity index (χ4v) is 3.19. The largest absolute Gasteiger partial charge is 0.352 e. The minimum atomic E-state index is -0.0941. The van der Waals surface area contributed by atoms with Crippen molar-refractivity contribution < 1.29 is 9.59 Å². The molecule has 0 spiro atoms. The molecule has 2 aliphatic heterocycles. The van der Waals surface area contributed by atoms with E-state index in [-0.39, 0.29) is 11.9 Å². The Labute approximate surface area is 148 Å². The van der Waals surface area contributed by atoms with Gasteiger partial charge in [0, 0.05) is 39.1 Å². The van der Waals surface area contributed by atoms with Crippen molar-refractivity contribution in [2.45, 2.75) is 25.8 Å². The van der Waals surface area contributed by atoms with Crippen LogP contribution >= 0.6 is 0 Å². The van der Waals surface area contributed by atoms with Gasteiger partial charge in [0.1, 0.15) is 0 Å². The van der Waals surface area contributed by atoms with Crippen LogP contribution in [-0.2, 0) is 17.8 Å². The molecular formula is C19H26N4O2. The Kier molecular flexibility index (Phi) is 6.06. The van der Waals surface area contributed by atoms with Crippen molar-refractivity contribution in [3.05, 3.63) is 47.0 Å². The van der Waals surface area contributed by atoms with Crippen LogP contribution < -0.4 is 16.0 Å². The predicted molar refractivity (Wildman–Crippen MR) is 97.2 cm³/mol. The van der Waals surface area contributed by atoms with E-state index >= 15 is 0 Å². The third-order valence-electron chi connectivity index (χ3n) is 4.72. The number of nitrogens with zero attached hydrogens (tertiary/aromatic N) is 1. The van der Waals surface area contributed by atoms with Crippen molar-refractivity contribution in [2.75, 3.05) is 32.7 Å². The molecule has 6 heteroatoms. The second-order valence-electron chi connectivity index (χ2n) is 6.52. The van der Waals surface area contributed by atoms with Crippen molar-refractivity contribution in [3.8, 4) is 0 Å². The summed E-state index contributed by atoms with van der Waals surface area (Å²) in [5.74, 6) is -0.0243. The first kappa shape index (κ1) is 17.5. The molecule has 2 aliphatic rings. The van der Waals surface area contributed by atoms with Gasteiger partial charge in [-0.15, -0.1) is 0 Å². The summed E-state index contributed by atoms with van der Waals surface area (Å²) in [6, 6.07) is 8.13. The van der Waals surface area contributed by atoms with E-state index in [2.05, 4.69) is 34.2 Å². The first-order chi connectivity index (χ1) is 12.2. The average Bonchev–Trinajstić information content (AvgIpc) is 2.66. The van der Waals surface area contributed by atoms with Crippen LogP contribution in [0.3, 0.4) is 0 Å². The van der Waals surface area contributed by atoms with Crippen LogP contribution in [0.2, 0.25) is 0 Å². The smallest absolute Gasteiger partial charge is 0.317 e. The zero-order valence-electron chi connectivity index (χ0n) is 14.5. The number of hydrogen-bond donors (Lipinski definition) is 3. The molecule has 0 saturated carbocycles. The molecule has 3 rings (SSSR count). The molecular weight excluding hydrogens is 316 g/mol. The highest BCUT2D eigenvalue weighted by Gasteiger charge is 2.20. The number of carbonyl (C=O) groups is 2. The minimum absolute atomic E-state index is 0.0243. The fourth-order valence-electron chi connectivity index (χ4n) is 3.19. The van der Waals surface area contributed by atoms with Crippen LogP contribution in [0.25, 0.3) is 0 Å². The maximum Gasteiger partial charge on any atom is 0.317 e. The number of hydrogen-bond acceptors (Lipinski definition) is 3. The van der Waals surface area contributed by atoms with Crippen molar-refractivity contribution in [3.63, 3.8) is 0 Å². The fraction of sp³-hybridized carbons (Fsp3) is 0.474. The van der Waals surface area contributed by atoms with Gasteiger partial charge in [-0.1, -0.05) is 35.9 Å². The van der Waals surface area contributed by atoms with Crippen LogP contribution in [0.5, 0.6) is 0 Å². The van der Waals surface area contributed by atoms with Gasteiger partial charge >= 0.3 is 6.03 Å². The zero-order valence-corrected chi connectivity index (χ0v) is 14.5. The zero-order chi connectivity index (χ0) is 17.5. The molecule has 0 unspecified atom stereocenters. The van der Waals surface area contributed by atoms with E-state index in [1.54, 1.807) is 4.90 Å². The normalized spacial score (nSPS) is 16.6. The number of carbonyl (C=O) groups excluding carboxylic acids is 2. The Balaban J connectivity index is 1.35. The summed E-state index contributed by atoms with van der Waals surface area (Å²) in [5.41, 5.74) is 3.79. The van der Waals surface area contributed by atoms with Gasteiger partial charge in [-0.05, 0) is 30.5 Å². The Morgan fingerprint density at radius 3 is 2.76 bits per heavy atom. The van der Waals surface area contributed by atoms with Crippen LogP contribution in [-0.4, -0.2) is 49.6 Å². The van der Waals surface area contributed by atoms with E-state index in [1.165, 1.54) is 16.7 Å². The average molecular weight is 342 g/mol. The standard InChI is InChI=1S/C19H26N4O2/c24-18(22-13-15-5-9-20-10-6-15)7-11-21-19(25)23-12-8-16-3-1-2-4-17(16)14-23/h1-5,20H,6-14H2,(H,21,25)(H,22,24). The highest BCUT2D eigenvalue weighted by atomic mass is 16.2. The van der Waals surface area contributed by atoms with Gasteiger partial charge in [-0.25, -0.2) is 4.79 Å². The molecule has 3 N–H and O–H groups in total. The van der Waals surface area contributed by atoms with Gasteiger partial charge < -0.3 is 20.9 Å².